The topological polar surface area (TPSA) is 57.5 Å². The zero-order valence-corrected chi connectivity index (χ0v) is 9.12. The van der Waals surface area contributed by atoms with E-state index in [1.54, 1.807) is 6.07 Å². The molecule has 1 aromatic rings. The second-order valence-electron chi connectivity index (χ2n) is 2.93. The summed E-state index contributed by atoms with van der Waals surface area (Å²) in [4.78, 5) is 10.4. The summed E-state index contributed by atoms with van der Waals surface area (Å²) in [5.41, 5.74) is 1.65. The molecule has 0 unspecified atom stereocenters. The summed E-state index contributed by atoms with van der Waals surface area (Å²) in [5, 5.41) is 17.6. The fourth-order valence-electron chi connectivity index (χ4n) is 1.26. The third kappa shape index (κ3) is 2.82. The first-order valence-electron chi connectivity index (χ1n) is 4.24. The van der Waals surface area contributed by atoms with E-state index in [2.05, 4.69) is 15.9 Å². The van der Waals surface area contributed by atoms with E-state index >= 15 is 0 Å². The van der Waals surface area contributed by atoms with E-state index in [9.17, 15) is 4.79 Å². The first-order valence-corrected chi connectivity index (χ1v) is 5.03. The first-order chi connectivity index (χ1) is 6.65. The smallest absolute Gasteiger partial charge is 0.303 e. The highest BCUT2D eigenvalue weighted by Crippen LogP contribution is 2.22. The van der Waals surface area contributed by atoms with Crippen molar-refractivity contribution in [2.45, 2.75) is 19.4 Å². The Morgan fingerprint density at radius 2 is 2.14 bits per heavy atom. The number of benzene rings is 1. The number of rotatable bonds is 4. The standard InChI is InChI=1S/C10H11BrO3/c11-9-3-1-2-7(6-12)8(9)4-5-10(13)14/h1-3,12H,4-6H2,(H,13,14). The fourth-order valence-corrected chi connectivity index (χ4v) is 1.87. The van der Waals surface area contributed by atoms with Crippen LogP contribution in [0.15, 0.2) is 22.7 Å². The van der Waals surface area contributed by atoms with Crippen LogP contribution in [0.25, 0.3) is 0 Å². The van der Waals surface area contributed by atoms with Crippen LogP contribution in [0.1, 0.15) is 17.5 Å². The van der Waals surface area contributed by atoms with Crippen LogP contribution < -0.4 is 0 Å². The number of halogens is 1. The molecule has 1 rings (SSSR count). The summed E-state index contributed by atoms with van der Waals surface area (Å²) in [6.07, 6.45) is 0.516. The SMILES string of the molecule is O=C(O)CCc1c(Br)cccc1CO. The lowest BCUT2D eigenvalue weighted by molar-refractivity contribution is -0.136. The van der Waals surface area contributed by atoms with Crippen molar-refractivity contribution in [1.29, 1.82) is 0 Å². The molecule has 0 spiro atoms. The minimum atomic E-state index is -0.829. The number of hydrogen-bond donors (Lipinski definition) is 2. The van der Waals surface area contributed by atoms with Crippen LogP contribution in [-0.4, -0.2) is 16.2 Å². The van der Waals surface area contributed by atoms with Crippen LogP contribution in [0.3, 0.4) is 0 Å². The van der Waals surface area contributed by atoms with Gasteiger partial charge in [0.25, 0.3) is 0 Å². The van der Waals surface area contributed by atoms with Gasteiger partial charge in [-0.25, -0.2) is 0 Å². The molecule has 0 bridgehead atoms. The monoisotopic (exact) mass is 258 g/mol. The Balaban J connectivity index is 2.87. The highest BCUT2D eigenvalue weighted by atomic mass is 79.9. The summed E-state index contributed by atoms with van der Waals surface area (Å²) in [7, 11) is 0. The molecule has 0 saturated carbocycles. The molecular formula is C10H11BrO3. The summed E-state index contributed by atoms with van der Waals surface area (Å²) in [6, 6.07) is 5.46. The van der Waals surface area contributed by atoms with Crippen molar-refractivity contribution in [3.63, 3.8) is 0 Å². The molecule has 0 saturated heterocycles. The summed E-state index contributed by atoms with van der Waals surface area (Å²) >= 11 is 3.33. The average Bonchev–Trinajstić information content (AvgIpc) is 2.15. The molecule has 0 aliphatic carbocycles. The van der Waals surface area contributed by atoms with E-state index in [4.69, 9.17) is 10.2 Å². The molecule has 2 N–H and O–H groups in total. The highest BCUT2D eigenvalue weighted by molar-refractivity contribution is 9.10. The Bertz CT molecular complexity index is 336. The number of aliphatic carboxylic acids is 1. The molecule has 0 fully saturated rings. The molecule has 0 radical (unpaired) electrons. The maximum atomic E-state index is 10.4. The van der Waals surface area contributed by atoms with Crippen molar-refractivity contribution in [2.75, 3.05) is 0 Å². The first kappa shape index (κ1) is 11.2. The molecule has 3 nitrogen and oxygen atoms in total. The predicted octanol–water partition coefficient (Wildman–Crippen LogP) is 1.96. The van der Waals surface area contributed by atoms with Crippen molar-refractivity contribution < 1.29 is 15.0 Å². The zero-order valence-electron chi connectivity index (χ0n) is 7.53. The van der Waals surface area contributed by atoms with Crippen LogP contribution in [0.4, 0.5) is 0 Å². The van der Waals surface area contributed by atoms with Crippen molar-refractivity contribution in [2.24, 2.45) is 0 Å². The molecule has 4 heteroatoms. The van der Waals surface area contributed by atoms with E-state index in [0.29, 0.717) is 6.42 Å². The fraction of sp³-hybridized carbons (Fsp3) is 0.300. The van der Waals surface area contributed by atoms with Crippen molar-refractivity contribution in [1.82, 2.24) is 0 Å². The molecule has 76 valence electrons. The second kappa shape index (κ2) is 5.12. The van der Waals surface area contributed by atoms with Gasteiger partial charge in [-0.1, -0.05) is 28.1 Å². The van der Waals surface area contributed by atoms with Gasteiger partial charge in [-0.2, -0.15) is 0 Å². The Kier molecular flexibility index (Phi) is 4.10. The number of carboxylic acid groups (broad SMARTS) is 1. The van der Waals surface area contributed by atoms with Crippen molar-refractivity contribution >= 4 is 21.9 Å². The summed E-state index contributed by atoms with van der Waals surface area (Å²) < 4.78 is 0.852. The Morgan fingerprint density at radius 1 is 1.43 bits per heavy atom. The number of aliphatic hydroxyl groups is 1. The number of carboxylic acids is 1. The van der Waals surface area contributed by atoms with Gasteiger partial charge in [0.1, 0.15) is 0 Å². The van der Waals surface area contributed by atoms with Crippen molar-refractivity contribution in [3.8, 4) is 0 Å². The Labute approximate surface area is 90.5 Å². The summed E-state index contributed by atoms with van der Waals surface area (Å²) in [6.45, 7) is -0.0611. The van der Waals surface area contributed by atoms with Gasteiger partial charge in [-0.05, 0) is 23.6 Å². The van der Waals surface area contributed by atoms with E-state index in [-0.39, 0.29) is 13.0 Å². The van der Waals surface area contributed by atoms with E-state index in [1.165, 1.54) is 0 Å². The van der Waals surface area contributed by atoms with Gasteiger partial charge in [0, 0.05) is 10.9 Å². The largest absolute Gasteiger partial charge is 0.481 e. The molecule has 0 aromatic heterocycles. The molecule has 0 amide bonds. The van der Waals surface area contributed by atoms with Crippen LogP contribution >= 0.6 is 15.9 Å². The van der Waals surface area contributed by atoms with Gasteiger partial charge in [0.05, 0.1) is 6.61 Å². The average molecular weight is 259 g/mol. The van der Waals surface area contributed by atoms with Crippen LogP contribution in [-0.2, 0) is 17.8 Å². The van der Waals surface area contributed by atoms with Crippen LogP contribution in [0, 0.1) is 0 Å². The van der Waals surface area contributed by atoms with Crippen LogP contribution in [0.2, 0.25) is 0 Å². The zero-order chi connectivity index (χ0) is 10.6. The van der Waals surface area contributed by atoms with Gasteiger partial charge >= 0.3 is 5.97 Å². The minimum absolute atomic E-state index is 0.0611. The van der Waals surface area contributed by atoms with Gasteiger partial charge in [0.2, 0.25) is 0 Å². The van der Waals surface area contributed by atoms with Gasteiger partial charge in [0.15, 0.2) is 0 Å². The lowest BCUT2D eigenvalue weighted by Crippen LogP contribution is -2.01. The molecule has 14 heavy (non-hydrogen) atoms. The minimum Gasteiger partial charge on any atom is -0.481 e. The normalized spacial score (nSPS) is 10.1. The van der Waals surface area contributed by atoms with E-state index in [0.717, 1.165) is 15.6 Å². The molecular weight excluding hydrogens is 248 g/mol. The number of aliphatic hydroxyl groups excluding tert-OH is 1. The highest BCUT2D eigenvalue weighted by Gasteiger charge is 2.07. The van der Waals surface area contributed by atoms with Gasteiger partial charge in [-0.3, -0.25) is 4.79 Å². The van der Waals surface area contributed by atoms with Gasteiger partial charge in [-0.15, -0.1) is 0 Å². The number of hydrogen-bond acceptors (Lipinski definition) is 2. The molecule has 0 aliphatic heterocycles. The Morgan fingerprint density at radius 3 is 2.71 bits per heavy atom. The maximum absolute atomic E-state index is 10.4. The molecule has 0 atom stereocenters. The van der Waals surface area contributed by atoms with Gasteiger partial charge < -0.3 is 10.2 Å². The lowest BCUT2D eigenvalue weighted by atomic mass is 10.0. The molecule has 1 aromatic carbocycles. The molecule has 0 heterocycles. The second-order valence-corrected chi connectivity index (χ2v) is 3.78. The summed E-state index contributed by atoms with van der Waals surface area (Å²) in [5.74, 6) is -0.829. The third-order valence-corrected chi connectivity index (χ3v) is 2.72. The van der Waals surface area contributed by atoms with E-state index < -0.39 is 5.97 Å². The Hall–Kier alpha value is -0.870. The maximum Gasteiger partial charge on any atom is 0.303 e. The van der Waals surface area contributed by atoms with E-state index in [1.807, 2.05) is 12.1 Å². The van der Waals surface area contributed by atoms with Crippen LogP contribution in [0.5, 0.6) is 0 Å². The third-order valence-electron chi connectivity index (χ3n) is 1.98. The predicted molar refractivity (Wildman–Crippen MR) is 56.0 cm³/mol. The molecule has 0 aliphatic rings. The van der Waals surface area contributed by atoms with Crippen molar-refractivity contribution in [3.05, 3.63) is 33.8 Å². The quantitative estimate of drug-likeness (QED) is 0.868. The lowest BCUT2D eigenvalue weighted by Gasteiger charge is -2.07. The number of carbonyl (C=O) groups is 1.